The van der Waals surface area contributed by atoms with Gasteiger partial charge in [0.15, 0.2) is 0 Å². The molecule has 0 aliphatic carbocycles. The van der Waals surface area contributed by atoms with Crippen molar-refractivity contribution in [2.75, 3.05) is 26.3 Å². The van der Waals surface area contributed by atoms with Crippen molar-refractivity contribution in [1.29, 1.82) is 0 Å². The summed E-state index contributed by atoms with van der Waals surface area (Å²) in [6, 6.07) is 0. The van der Waals surface area contributed by atoms with E-state index in [1.165, 1.54) is 0 Å². The molecule has 0 heterocycles. The lowest BCUT2D eigenvalue weighted by atomic mass is 9.84. The van der Waals surface area contributed by atoms with E-state index in [0.29, 0.717) is 6.54 Å². The van der Waals surface area contributed by atoms with Gasteiger partial charge in [0.05, 0.1) is 19.1 Å². The number of hydrogen-bond donors (Lipinski definition) is 4. The molecule has 2 unspecified atom stereocenters. The van der Waals surface area contributed by atoms with E-state index in [2.05, 4.69) is 10.6 Å². The molecule has 21 heavy (non-hydrogen) atoms. The van der Waals surface area contributed by atoms with Crippen LogP contribution in [0.4, 0.5) is 4.79 Å². The Morgan fingerprint density at radius 3 is 2.10 bits per heavy atom. The van der Waals surface area contributed by atoms with Gasteiger partial charge in [0.25, 0.3) is 0 Å². The smallest absolute Gasteiger partial charge is 0.407 e. The Morgan fingerprint density at radius 2 is 1.67 bits per heavy atom. The van der Waals surface area contributed by atoms with E-state index in [1.54, 1.807) is 0 Å². The first kappa shape index (κ1) is 19.7. The first-order valence-corrected chi connectivity index (χ1v) is 7.31. The Balaban J connectivity index is 4.54. The molecular weight excluding hydrogens is 276 g/mol. The van der Waals surface area contributed by atoms with E-state index in [9.17, 15) is 9.59 Å². The van der Waals surface area contributed by atoms with Crippen molar-refractivity contribution < 1.29 is 24.5 Å². The Bertz CT molecular complexity index is 318. The quantitative estimate of drug-likeness (QED) is 0.483. The molecule has 0 bridgehead atoms. The number of alkyl carbamates (subject to hydrolysis) is 1. The van der Waals surface area contributed by atoms with Crippen LogP contribution in [0.15, 0.2) is 0 Å². The van der Waals surface area contributed by atoms with Crippen LogP contribution in [0.3, 0.4) is 0 Å². The van der Waals surface area contributed by atoms with Crippen molar-refractivity contribution in [3.05, 3.63) is 0 Å². The summed E-state index contributed by atoms with van der Waals surface area (Å²) in [5, 5.41) is 23.0. The van der Waals surface area contributed by atoms with Gasteiger partial charge in [0.1, 0.15) is 6.10 Å². The van der Waals surface area contributed by atoms with Crippen molar-refractivity contribution in [1.82, 2.24) is 10.6 Å². The zero-order valence-corrected chi connectivity index (χ0v) is 13.3. The second kappa shape index (κ2) is 10.4. The Hall–Kier alpha value is -1.34. The van der Waals surface area contributed by atoms with E-state index in [4.69, 9.17) is 14.9 Å². The maximum absolute atomic E-state index is 12.1. The molecule has 7 heteroatoms. The number of aliphatic hydroxyl groups is 2. The van der Waals surface area contributed by atoms with Gasteiger partial charge in [-0.15, -0.1) is 0 Å². The van der Waals surface area contributed by atoms with Crippen LogP contribution in [-0.2, 0) is 9.53 Å². The van der Waals surface area contributed by atoms with E-state index in [0.717, 1.165) is 0 Å². The first-order valence-electron chi connectivity index (χ1n) is 7.31. The monoisotopic (exact) mass is 304 g/mol. The summed E-state index contributed by atoms with van der Waals surface area (Å²) in [6.45, 7) is 7.60. The molecule has 4 N–H and O–H groups in total. The lowest BCUT2D eigenvalue weighted by Crippen LogP contribution is -2.44. The number of carbonyl (C=O) groups is 2. The highest BCUT2D eigenvalue weighted by atomic mass is 16.6. The van der Waals surface area contributed by atoms with Gasteiger partial charge in [-0.1, -0.05) is 20.8 Å². The van der Waals surface area contributed by atoms with Gasteiger partial charge >= 0.3 is 6.09 Å². The second-order valence-corrected chi connectivity index (χ2v) is 5.38. The Labute approximate surface area is 126 Å². The van der Waals surface area contributed by atoms with Crippen LogP contribution in [0, 0.1) is 17.8 Å². The number of hydrogen-bond acceptors (Lipinski definition) is 5. The topological polar surface area (TPSA) is 108 Å². The summed E-state index contributed by atoms with van der Waals surface area (Å²) in [6.07, 6.45) is -1.70. The SMILES string of the molecule is CCNC(=O)C(CNC(=O)OC(CO)CO)C(C)C(C)C. The number of aliphatic hydroxyl groups excluding tert-OH is 2. The van der Waals surface area contributed by atoms with E-state index < -0.39 is 25.4 Å². The van der Waals surface area contributed by atoms with Crippen LogP contribution in [-0.4, -0.2) is 54.6 Å². The van der Waals surface area contributed by atoms with E-state index in [-0.39, 0.29) is 30.2 Å². The average Bonchev–Trinajstić information content (AvgIpc) is 2.44. The molecule has 0 spiro atoms. The molecule has 0 radical (unpaired) electrons. The summed E-state index contributed by atoms with van der Waals surface area (Å²) in [7, 11) is 0. The number of ether oxygens (including phenoxy) is 1. The van der Waals surface area contributed by atoms with Crippen LogP contribution in [0.25, 0.3) is 0 Å². The molecule has 0 aliphatic heterocycles. The minimum absolute atomic E-state index is 0.0864. The largest absolute Gasteiger partial charge is 0.441 e. The summed E-state index contributed by atoms with van der Waals surface area (Å²) in [4.78, 5) is 23.6. The van der Waals surface area contributed by atoms with Gasteiger partial charge in [-0.3, -0.25) is 4.79 Å². The van der Waals surface area contributed by atoms with Gasteiger partial charge in [-0.05, 0) is 18.8 Å². The molecule has 0 aromatic carbocycles. The van der Waals surface area contributed by atoms with Crippen molar-refractivity contribution in [2.45, 2.75) is 33.8 Å². The fraction of sp³-hybridized carbons (Fsp3) is 0.857. The number of rotatable bonds is 9. The lowest BCUT2D eigenvalue weighted by molar-refractivity contribution is -0.126. The summed E-state index contributed by atoms with van der Waals surface area (Å²) < 4.78 is 4.80. The number of amides is 2. The molecule has 2 atom stereocenters. The zero-order chi connectivity index (χ0) is 16.4. The highest BCUT2D eigenvalue weighted by molar-refractivity contribution is 5.80. The van der Waals surface area contributed by atoms with Crippen LogP contribution in [0.5, 0.6) is 0 Å². The predicted octanol–water partition coefficient (Wildman–Crippen LogP) is 0.110. The molecule has 0 saturated carbocycles. The van der Waals surface area contributed by atoms with Crippen LogP contribution >= 0.6 is 0 Å². The molecule has 2 amide bonds. The van der Waals surface area contributed by atoms with E-state index in [1.807, 2.05) is 27.7 Å². The highest BCUT2D eigenvalue weighted by Gasteiger charge is 2.27. The van der Waals surface area contributed by atoms with Crippen molar-refractivity contribution >= 4 is 12.0 Å². The number of nitrogens with one attached hydrogen (secondary N) is 2. The highest BCUT2D eigenvalue weighted by Crippen LogP contribution is 2.20. The second-order valence-electron chi connectivity index (χ2n) is 5.38. The average molecular weight is 304 g/mol. The fourth-order valence-electron chi connectivity index (χ4n) is 1.81. The number of carbonyl (C=O) groups excluding carboxylic acids is 2. The van der Waals surface area contributed by atoms with Gasteiger partial charge in [0, 0.05) is 13.1 Å². The molecule has 0 aromatic heterocycles. The lowest BCUT2D eigenvalue weighted by Gasteiger charge is -2.26. The van der Waals surface area contributed by atoms with Crippen LogP contribution in [0.1, 0.15) is 27.7 Å². The first-order chi connectivity index (χ1) is 9.87. The third-order valence-electron chi connectivity index (χ3n) is 3.52. The molecular formula is C14H28N2O5. The third kappa shape index (κ3) is 7.29. The van der Waals surface area contributed by atoms with Crippen molar-refractivity contribution in [2.24, 2.45) is 17.8 Å². The molecule has 0 fully saturated rings. The normalized spacial score (nSPS) is 13.9. The summed E-state index contributed by atoms with van der Waals surface area (Å²) in [5.74, 6) is -0.0968. The van der Waals surface area contributed by atoms with Crippen LogP contribution in [0.2, 0.25) is 0 Å². The van der Waals surface area contributed by atoms with Crippen molar-refractivity contribution in [3.63, 3.8) is 0 Å². The minimum Gasteiger partial charge on any atom is -0.441 e. The maximum Gasteiger partial charge on any atom is 0.407 e. The molecule has 124 valence electrons. The van der Waals surface area contributed by atoms with Gasteiger partial charge < -0.3 is 25.6 Å². The van der Waals surface area contributed by atoms with Gasteiger partial charge in [-0.25, -0.2) is 4.79 Å². The van der Waals surface area contributed by atoms with Gasteiger partial charge in [-0.2, -0.15) is 0 Å². The van der Waals surface area contributed by atoms with Crippen molar-refractivity contribution in [3.8, 4) is 0 Å². The zero-order valence-electron chi connectivity index (χ0n) is 13.3. The fourth-order valence-corrected chi connectivity index (χ4v) is 1.81. The molecule has 0 aliphatic rings. The predicted molar refractivity (Wildman–Crippen MR) is 78.6 cm³/mol. The Morgan fingerprint density at radius 1 is 1.10 bits per heavy atom. The third-order valence-corrected chi connectivity index (χ3v) is 3.52. The molecule has 0 rings (SSSR count). The molecule has 0 saturated heterocycles. The van der Waals surface area contributed by atoms with Crippen LogP contribution < -0.4 is 10.6 Å². The Kier molecular flexibility index (Phi) is 9.73. The minimum atomic E-state index is -0.949. The molecule has 0 aromatic rings. The summed E-state index contributed by atoms with van der Waals surface area (Å²) >= 11 is 0. The standard InChI is InChI=1S/C14H28N2O5/c1-5-15-13(19)12(10(4)9(2)3)6-16-14(20)21-11(7-17)8-18/h9-12,17-18H,5-8H2,1-4H3,(H,15,19)(H,16,20). The maximum atomic E-state index is 12.1. The van der Waals surface area contributed by atoms with E-state index >= 15 is 0 Å². The molecule has 7 nitrogen and oxygen atoms in total. The summed E-state index contributed by atoms with van der Waals surface area (Å²) in [5.41, 5.74) is 0. The van der Waals surface area contributed by atoms with Gasteiger partial charge in [0.2, 0.25) is 5.91 Å².